The van der Waals surface area contributed by atoms with Gasteiger partial charge in [0.05, 0.1) is 23.3 Å². The van der Waals surface area contributed by atoms with Crippen molar-refractivity contribution in [3.63, 3.8) is 0 Å². The van der Waals surface area contributed by atoms with E-state index in [1.807, 2.05) is 23.8 Å². The summed E-state index contributed by atoms with van der Waals surface area (Å²) in [6.07, 6.45) is 8.13. The van der Waals surface area contributed by atoms with Crippen LogP contribution in [0.5, 0.6) is 0 Å². The second kappa shape index (κ2) is 6.76. The Labute approximate surface area is 164 Å². The molecule has 0 bridgehead atoms. The molecule has 1 fully saturated rings. The molecule has 4 heteroatoms. The summed E-state index contributed by atoms with van der Waals surface area (Å²) in [4.78, 5) is 4.62. The number of fused-ring (bicyclic) bond motifs is 2. The summed E-state index contributed by atoms with van der Waals surface area (Å²) in [7, 11) is 0. The largest absolute Gasteiger partial charge is 0.253 e. The Balaban J connectivity index is 1.61. The van der Waals surface area contributed by atoms with Gasteiger partial charge in [0.1, 0.15) is 0 Å². The minimum Gasteiger partial charge on any atom is -0.253 e. The minimum atomic E-state index is 0.219. The third-order valence-electron chi connectivity index (χ3n) is 6.06. The van der Waals surface area contributed by atoms with Crippen molar-refractivity contribution in [1.82, 2.24) is 14.6 Å². The van der Waals surface area contributed by atoms with Crippen LogP contribution < -0.4 is 0 Å². The molecule has 0 N–H and O–H groups in total. The molecule has 0 atom stereocenters. The van der Waals surface area contributed by atoms with Crippen LogP contribution in [0.3, 0.4) is 0 Å². The minimum absolute atomic E-state index is 0.219. The first-order valence-electron chi connectivity index (χ1n) is 9.96. The fourth-order valence-corrected chi connectivity index (χ4v) is 4.54. The van der Waals surface area contributed by atoms with E-state index in [0.717, 1.165) is 42.3 Å². The molecule has 4 aromatic rings. The van der Waals surface area contributed by atoms with E-state index >= 15 is 0 Å². The maximum Gasteiger partial charge on any atom is 0.0774 e. The van der Waals surface area contributed by atoms with E-state index in [0.29, 0.717) is 5.92 Å². The molecule has 1 aliphatic rings. The van der Waals surface area contributed by atoms with Gasteiger partial charge in [-0.05, 0) is 73.9 Å². The smallest absolute Gasteiger partial charge is 0.0774 e. The second-order valence-corrected chi connectivity index (χ2v) is 7.85. The zero-order chi connectivity index (χ0) is 19.1. The van der Waals surface area contributed by atoms with Crippen molar-refractivity contribution >= 4 is 16.4 Å². The van der Waals surface area contributed by atoms with Crippen LogP contribution in [0, 0.1) is 24.2 Å². The molecule has 1 saturated carbocycles. The maximum absolute atomic E-state index is 9.21. The van der Waals surface area contributed by atoms with Gasteiger partial charge in [-0.1, -0.05) is 18.2 Å². The van der Waals surface area contributed by atoms with Gasteiger partial charge in [0.2, 0.25) is 0 Å². The highest BCUT2D eigenvalue weighted by atomic mass is 15.2. The summed E-state index contributed by atoms with van der Waals surface area (Å²) in [5, 5.41) is 15.0. The summed E-state index contributed by atoms with van der Waals surface area (Å²) in [6.45, 7) is 2.02. The molecule has 3 heterocycles. The quantitative estimate of drug-likeness (QED) is 0.460. The highest BCUT2D eigenvalue weighted by Gasteiger charge is 2.25. The molecule has 28 heavy (non-hydrogen) atoms. The van der Waals surface area contributed by atoms with Crippen LogP contribution in [-0.4, -0.2) is 14.6 Å². The Bertz CT molecular complexity index is 1210. The number of nitriles is 1. The Morgan fingerprint density at radius 2 is 1.93 bits per heavy atom. The number of aryl methyl sites for hydroxylation is 1. The van der Waals surface area contributed by atoms with Crippen molar-refractivity contribution in [2.75, 3.05) is 0 Å². The Morgan fingerprint density at radius 3 is 2.75 bits per heavy atom. The van der Waals surface area contributed by atoms with E-state index in [-0.39, 0.29) is 5.92 Å². The third-order valence-corrected chi connectivity index (χ3v) is 6.06. The van der Waals surface area contributed by atoms with Crippen molar-refractivity contribution < 1.29 is 0 Å². The number of nitrogens with zero attached hydrogens (tertiary/aromatic N) is 4. The summed E-state index contributed by atoms with van der Waals surface area (Å²) >= 11 is 0. The van der Waals surface area contributed by atoms with Gasteiger partial charge in [0.15, 0.2) is 0 Å². The number of hydrogen-bond acceptors (Lipinski definition) is 3. The number of benzene rings is 1. The molecular formula is C24H22N4. The molecule has 138 valence electrons. The van der Waals surface area contributed by atoms with Gasteiger partial charge in [-0.2, -0.15) is 10.4 Å². The van der Waals surface area contributed by atoms with Crippen LogP contribution in [0.1, 0.15) is 42.9 Å². The van der Waals surface area contributed by atoms with Crippen LogP contribution in [-0.2, 0) is 0 Å². The molecule has 0 spiro atoms. The van der Waals surface area contributed by atoms with E-state index in [9.17, 15) is 5.26 Å². The molecule has 0 aliphatic heterocycles. The first-order chi connectivity index (χ1) is 13.7. The van der Waals surface area contributed by atoms with Crippen LogP contribution in [0.4, 0.5) is 0 Å². The van der Waals surface area contributed by atoms with E-state index < -0.39 is 0 Å². The van der Waals surface area contributed by atoms with E-state index in [2.05, 4.69) is 58.6 Å². The van der Waals surface area contributed by atoms with Gasteiger partial charge in [0, 0.05) is 28.8 Å². The van der Waals surface area contributed by atoms with Gasteiger partial charge in [-0.3, -0.25) is 4.98 Å². The molecule has 0 radical (unpaired) electrons. The van der Waals surface area contributed by atoms with Crippen LogP contribution >= 0.6 is 0 Å². The van der Waals surface area contributed by atoms with Crippen molar-refractivity contribution in [3.05, 3.63) is 66.1 Å². The first kappa shape index (κ1) is 16.9. The lowest BCUT2D eigenvalue weighted by atomic mass is 9.78. The predicted molar refractivity (Wildman–Crippen MR) is 111 cm³/mol. The molecule has 3 aromatic heterocycles. The fraction of sp³-hybridized carbons (Fsp3) is 0.292. The Morgan fingerprint density at radius 1 is 1.07 bits per heavy atom. The van der Waals surface area contributed by atoms with Gasteiger partial charge in [0.25, 0.3) is 0 Å². The number of aromatic nitrogens is 3. The maximum atomic E-state index is 9.21. The van der Waals surface area contributed by atoms with E-state index in [4.69, 9.17) is 0 Å². The summed E-state index contributed by atoms with van der Waals surface area (Å²) in [6, 6.07) is 17.4. The normalized spacial score (nSPS) is 19.7. The Hall–Kier alpha value is -3.19. The number of rotatable bonds is 2. The van der Waals surface area contributed by atoms with Gasteiger partial charge < -0.3 is 0 Å². The zero-order valence-corrected chi connectivity index (χ0v) is 16.0. The molecule has 5 rings (SSSR count). The topological polar surface area (TPSA) is 54.0 Å². The van der Waals surface area contributed by atoms with Crippen LogP contribution in [0.15, 0.2) is 54.9 Å². The van der Waals surface area contributed by atoms with Gasteiger partial charge in [-0.15, -0.1) is 0 Å². The molecular weight excluding hydrogens is 344 g/mol. The SMILES string of the molecule is Cc1ccc2cc(-c3cnn4cccc(C5CCC(C#N)CC5)c34)ccc2n1. The van der Waals surface area contributed by atoms with Crippen molar-refractivity contribution in [3.8, 4) is 17.2 Å². The first-order valence-corrected chi connectivity index (χ1v) is 9.96. The number of hydrogen-bond donors (Lipinski definition) is 0. The molecule has 0 unspecified atom stereocenters. The Kier molecular flexibility index (Phi) is 4.09. The fourth-order valence-electron chi connectivity index (χ4n) is 4.54. The predicted octanol–water partition coefficient (Wildman–Crippen LogP) is 5.66. The highest BCUT2D eigenvalue weighted by Crippen LogP contribution is 2.39. The highest BCUT2D eigenvalue weighted by molar-refractivity contribution is 5.89. The van der Waals surface area contributed by atoms with Crippen LogP contribution in [0.25, 0.3) is 27.5 Å². The van der Waals surface area contributed by atoms with Crippen molar-refractivity contribution in [2.45, 2.75) is 38.5 Å². The molecule has 1 aromatic carbocycles. The van der Waals surface area contributed by atoms with Crippen molar-refractivity contribution in [1.29, 1.82) is 5.26 Å². The lowest BCUT2D eigenvalue weighted by Gasteiger charge is -2.25. The van der Waals surface area contributed by atoms with Crippen molar-refractivity contribution in [2.24, 2.45) is 5.92 Å². The second-order valence-electron chi connectivity index (χ2n) is 7.85. The lowest BCUT2D eigenvalue weighted by Crippen LogP contribution is -2.12. The summed E-state index contributed by atoms with van der Waals surface area (Å²) in [5.74, 6) is 0.713. The van der Waals surface area contributed by atoms with Gasteiger partial charge >= 0.3 is 0 Å². The van der Waals surface area contributed by atoms with Gasteiger partial charge in [-0.25, -0.2) is 4.52 Å². The third kappa shape index (κ3) is 2.84. The van der Waals surface area contributed by atoms with E-state index in [1.165, 1.54) is 22.2 Å². The standard InChI is InChI=1S/C24H22N4/c1-16-4-7-20-13-19(10-11-23(20)27-16)22-15-26-28-12-2-3-21(24(22)28)18-8-5-17(14-25)6-9-18/h2-4,7,10-13,15,17-18H,5-6,8-9H2,1H3. The average Bonchev–Trinajstić information content (AvgIpc) is 3.18. The molecule has 1 aliphatic carbocycles. The zero-order valence-electron chi connectivity index (χ0n) is 16.0. The number of pyridine rings is 2. The molecule has 0 amide bonds. The lowest BCUT2D eigenvalue weighted by molar-refractivity contribution is 0.383. The van der Waals surface area contributed by atoms with E-state index in [1.54, 1.807) is 0 Å². The van der Waals surface area contributed by atoms with Crippen LogP contribution in [0.2, 0.25) is 0 Å². The monoisotopic (exact) mass is 366 g/mol. The molecule has 4 nitrogen and oxygen atoms in total. The summed E-state index contributed by atoms with van der Waals surface area (Å²) in [5.41, 5.74) is 6.95. The summed E-state index contributed by atoms with van der Waals surface area (Å²) < 4.78 is 2.00. The molecule has 0 saturated heterocycles. The average molecular weight is 366 g/mol.